The Bertz CT molecular complexity index is 728. The van der Waals surface area contributed by atoms with Crippen molar-refractivity contribution in [3.05, 3.63) is 47.8 Å². The van der Waals surface area contributed by atoms with Crippen LogP contribution in [-0.4, -0.2) is 14.8 Å². The molecule has 0 bridgehead atoms. The van der Waals surface area contributed by atoms with Gasteiger partial charge in [0.05, 0.1) is 23.4 Å². The monoisotopic (exact) mass is 270 g/mol. The number of fused-ring (bicyclic) bond motifs is 1. The van der Waals surface area contributed by atoms with Crippen LogP contribution in [0.15, 0.2) is 34.9 Å². The fraction of sp³-hybridized carbons (Fsp3) is 0.333. The van der Waals surface area contributed by atoms with Crippen LogP contribution in [0.3, 0.4) is 0 Å². The molecule has 0 aliphatic carbocycles. The molecule has 1 N–H and O–H groups in total. The van der Waals surface area contributed by atoms with Crippen LogP contribution in [0.25, 0.3) is 10.9 Å². The van der Waals surface area contributed by atoms with Crippen molar-refractivity contribution in [2.24, 2.45) is 7.05 Å². The standard InChI is InChI=1S/C15H18N4O/c1-10-8-17-15(20-10)11(2)16-9-13-12-6-4-5-7-14(12)19(3)18-13/h4-8,11,16H,9H2,1-3H3. The maximum atomic E-state index is 5.53. The molecule has 1 unspecified atom stereocenters. The van der Waals surface area contributed by atoms with Crippen LogP contribution in [-0.2, 0) is 13.6 Å². The number of rotatable bonds is 4. The molecule has 0 aliphatic heterocycles. The summed E-state index contributed by atoms with van der Waals surface area (Å²) in [5.41, 5.74) is 2.18. The topological polar surface area (TPSA) is 55.9 Å². The smallest absolute Gasteiger partial charge is 0.211 e. The first-order valence-electron chi connectivity index (χ1n) is 6.71. The molecular weight excluding hydrogens is 252 g/mol. The zero-order chi connectivity index (χ0) is 14.1. The molecule has 0 spiro atoms. The molecule has 1 atom stereocenters. The van der Waals surface area contributed by atoms with Gasteiger partial charge >= 0.3 is 0 Å². The lowest BCUT2D eigenvalue weighted by atomic mass is 10.2. The highest BCUT2D eigenvalue weighted by molar-refractivity contribution is 5.81. The van der Waals surface area contributed by atoms with Gasteiger partial charge in [-0.25, -0.2) is 4.98 Å². The van der Waals surface area contributed by atoms with Crippen molar-refractivity contribution >= 4 is 10.9 Å². The molecule has 20 heavy (non-hydrogen) atoms. The average Bonchev–Trinajstić information content (AvgIpc) is 3.01. The molecule has 0 radical (unpaired) electrons. The third kappa shape index (κ3) is 2.32. The Morgan fingerprint density at radius 3 is 2.90 bits per heavy atom. The van der Waals surface area contributed by atoms with Crippen LogP contribution in [0.5, 0.6) is 0 Å². The molecule has 0 saturated carbocycles. The lowest BCUT2D eigenvalue weighted by molar-refractivity contribution is 0.401. The van der Waals surface area contributed by atoms with Gasteiger partial charge in [-0.2, -0.15) is 5.10 Å². The average molecular weight is 270 g/mol. The number of para-hydroxylation sites is 1. The predicted molar refractivity (Wildman–Crippen MR) is 77.2 cm³/mol. The largest absolute Gasteiger partial charge is 0.444 e. The molecule has 104 valence electrons. The number of nitrogens with zero attached hydrogens (tertiary/aromatic N) is 3. The minimum atomic E-state index is 0.0597. The van der Waals surface area contributed by atoms with E-state index in [-0.39, 0.29) is 6.04 Å². The van der Waals surface area contributed by atoms with Crippen molar-refractivity contribution in [3.63, 3.8) is 0 Å². The van der Waals surface area contributed by atoms with E-state index in [9.17, 15) is 0 Å². The summed E-state index contributed by atoms with van der Waals surface area (Å²) in [6.07, 6.45) is 1.74. The second-order valence-electron chi connectivity index (χ2n) is 5.00. The van der Waals surface area contributed by atoms with Crippen molar-refractivity contribution in [2.75, 3.05) is 0 Å². The van der Waals surface area contributed by atoms with Gasteiger partial charge in [-0.3, -0.25) is 4.68 Å². The third-order valence-electron chi connectivity index (χ3n) is 3.42. The van der Waals surface area contributed by atoms with Crippen molar-refractivity contribution in [1.29, 1.82) is 0 Å². The van der Waals surface area contributed by atoms with E-state index in [1.54, 1.807) is 6.20 Å². The molecule has 3 rings (SSSR count). The summed E-state index contributed by atoms with van der Waals surface area (Å²) in [4.78, 5) is 4.24. The summed E-state index contributed by atoms with van der Waals surface area (Å²) >= 11 is 0. The summed E-state index contributed by atoms with van der Waals surface area (Å²) in [5, 5.41) is 9.14. The second kappa shape index (κ2) is 5.09. The van der Waals surface area contributed by atoms with Gasteiger partial charge in [-0.1, -0.05) is 18.2 Å². The normalized spacial score (nSPS) is 12.9. The van der Waals surface area contributed by atoms with Gasteiger partial charge in [-0.15, -0.1) is 0 Å². The summed E-state index contributed by atoms with van der Waals surface area (Å²) in [5.74, 6) is 1.54. The van der Waals surface area contributed by atoms with E-state index in [2.05, 4.69) is 27.5 Å². The Labute approximate surface area is 117 Å². The predicted octanol–water partition coefficient (Wildman–Crippen LogP) is 2.72. The quantitative estimate of drug-likeness (QED) is 0.792. The third-order valence-corrected chi connectivity index (χ3v) is 3.42. The van der Waals surface area contributed by atoms with Crippen molar-refractivity contribution in [3.8, 4) is 0 Å². The molecule has 0 saturated heterocycles. The van der Waals surface area contributed by atoms with Gasteiger partial charge < -0.3 is 9.73 Å². The van der Waals surface area contributed by atoms with Crippen molar-refractivity contribution in [2.45, 2.75) is 26.4 Å². The SMILES string of the molecule is Cc1cnc(C(C)NCc2nn(C)c3ccccc23)o1. The number of benzene rings is 1. The van der Waals surface area contributed by atoms with Crippen LogP contribution in [0, 0.1) is 6.92 Å². The molecule has 0 amide bonds. The molecule has 1 aromatic carbocycles. The first kappa shape index (κ1) is 12.9. The highest BCUT2D eigenvalue weighted by Gasteiger charge is 2.13. The van der Waals surface area contributed by atoms with Crippen LogP contribution >= 0.6 is 0 Å². The van der Waals surface area contributed by atoms with E-state index < -0.39 is 0 Å². The maximum absolute atomic E-state index is 5.53. The van der Waals surface area contributed by atoms with E-state index in [0.29, 0.717) is 12.4 Å². The molecule has 0 fully saturated rings. The van der Waals surface area contributed by atoms with E-state index >= 15 is 0 Å². The maximum Gasteiger partial charge on any atom is 0.211 e. The molecule has 2 aromatic heterocycles. The molecular formula is C15H18N4O. The Kier molecular flexibility index (Phi) is 3.28. The fourth-order valence-electron chi connectivity index (χ4n) is 2.33. The van der Waals surface area contributed by atoms with E-state index in [0.717, 1.165) is 17.0 Å². The number of aryl methyl sites for hydroxylation is 2. The number of nitrogens with one attached hydrogen (secondary N) is 1. The molecule has 5 heteroatoms. The van der Waals surface area contributed by atoms with Crippen LogP contribution < -0.4 is 5.32 Å². The Hall–Kier alpha value is -2.14. The van der Waals surface area contributed by atoms with Gasteiger partial charge in [0, 0.05) is 19.0 Å². The first-order valence-corrected chi connectivity index (χ1v) is 6.71. The molecule has 0 aliphatic rings. The molecule has 3 aromatic rings. The fourth-order valence-corrected chi connectivity index (χ4v) is 2.33. The number of oxazole rings is 1. The summed E-state index contributed by atoms with van der Waals surface area (Å²) in [6.45, 7) is 4.62. The van der Waals surface area contributed by atoms with Gasteiger partial charge in [0.1, 0.15) is 5.76 Å². The van der Waals surface area contributed by atoms with Gasteiger partial charge in [0.2, 0.25) is 5.89 Å². The highest BCUT2D eigenvalue weighted by Crippen LogP contribution is 2.18. The van der Waals surface area contributed by atoms with Gasteiger partial charge in [0.25, 0.3) is 0 Å². The molecule has 5 nitrogen and oxygen atoms in total. The highest BCUT2D eigenvalue weighted by atomic mass is 16.4. The van der Waals surface area contributed by atoms with E-state index in [1.807, 2.05) is 37.7 Å². The van der Waals surface area contributed by atoms with E-state index in [1.165, 1.54) is 5.39 Å². The Morgan fingerprint density at radius 1 is 1.35 bits per heavy atom. The zero-order valence-corrected chi connectivity index (χ0v) is 11.9. The van der Waals surface area contributed by atoms with Gasteiger partial charge in [-0.05, 0) is 19.9 Å². The zero-order valence-electron chi connectivity index (χ0n) is 11.9. The summed E-state index contributed by atoms with van der Waals surface area (Å²) in [6, 6.07) is 8.30. The summed E-state index contributed by atoms with van der Waals surface area (Å²) in [7, 11) is 1.96. The number of hydrogen-bond acceptors (Lipinski definition) is 4. The number of hydrogen-bond donors (Lipinski definition) is 1. The van der Waals surface area contributed by atoms with E-state index in [4.69, 9.17) is 4.42 Å². The first-order chi connectivity index (χ1) is 9.65. The summed E-state index contributed by atoms with van der Waals surface area (Å²) < 4.78 is 7.44. The van der Waals surface area contributed by atoms with Gasteiger partial charge in [0.15, 0.2) is 0 Å². The van der Waals surface area contributed by atoms with Crippen LogP contribution in [0.1, 0.15) is 30.3 Å². The Balaban J connectivity index is 1.77. The minimum absolute atomic E-state index is 0.0597. The van der Waals surface area contributed by atoms with Crippen LogP contribution in [0.2, 0.25) is 0 Å². The van der Waals surface area contributed by atoms with Crippen molar-refractivity contribution in [1.82, 2.24) is 20.1 Å². The van der Waals surface area contributed by atoms with Crippen LogP contribution in [0.4, 0.5) is 0 Å². The molecule has 2 heterocycles. The van der Waals surface area contributed by atoms with Crippen molar-refractivity contribution < 1.29 is 4.42 Å². The lowest BCUT2D eigenvalue weighted by Gasteiger charge is -2.08. The second-order valence-corrected chi connectivity index (χ2v) is 5.00. The number of aromatic nitrogens is 3. The lowest BCUT2D eigenvalue weighted by Crippen LogP contribution is -2.18. The Morgan fingerprint density at radius 2 is 2.15 bits per heavy atom. The minimum Gasteiger partial charge on any atom is -0.444 e.